The minimum absolute atomic E-state index is 0.0647. The molecule has 0 bridgehead atoms. The number of alkyl halides is 3. The maximum absolute atomic E-state index is 13.0. The van der Waals surface area contributed by atoms with E-state index in [1.54, 1.807) is 17.0 Å². The van der Waals surface area contributed by atoms with Crippen LogP contribution in [0.3, 0.4) is 0 Å². The van der Waals surface area contributed by atoms with Gasteiger partial charge in [-0.25, -0.2) is 8.42 Å². The third-order valence-corrected chi connectivity index (χ3v) is 5.86. The highest BCUT2D eigenvalue weighted by molar-refractivity contribution is 7.92. The van der Waals surface area contributed by atoms with E-state index in [1.165, 1.54) is 12.1 Å². The van der Waals surface area contributed by atoms with Crippen LogP contribution < -0.4 is 9.46 Å². The van der Waals surface area contributed by atoms with E-state index in [0.717, 1.165) is 24.3 Å². The molecule has 1 N–H and O–H groups in total. The molecule has 1 heterocycles. The Bertz CT molecular complexity index is 1030. The van der Waals surface area contributed by atoms with Gasteiger partial charge in [-0.1, -0.05) is 12.1 Å². The molecule has 11 heteroatoms. The SMILES string of the molecule is CC1CN(C(=O)c2ccccc2NS(=O)(=O)c2ccc(OC(F)(F)F)cc2)CC(C)O1. The number of halogens is 3. The van der Waals surface area contributed by atoms with E-state index in [-0.39, 0.29) is 34.3 Å². The standard InChI is InChI=1S/C20H21F3N2O5S/c1-13-11-25(12-14(2)29-13)19(26)17-5-3-4-6-18(17)24-31(27,28)16-9-7-15(8-10-16)30-20(21,22)23/h3-10,13-14,24H,11-12H2,1-2H3. The highest BCUT2D eigenvalue weighted by Gasteiger charge is 2.31. The quantitative estimate of drug-likeness (QED) is 0.740. The molecular formula is C20H21F3N2O5S. The average Bonchev–Trinajstić information content (AvgIpc) is 2.66. The van der Waals surface area contributed by atoms with Crippen molar-refractivity contribution < 1.29 is 35.9 Å². The van der Waals surface area contributed by atoms with Gasteiger partial charge in [0, 0.05) is 13.1 Å². The molecule has 2 unspecified atom stereocenters. The van der Waals surface area contributed by atoms with Gasteiger partial charge in [0.05, 0.1) is 28.4 Å². The number of para-hydroxylation sites is 1. The number of morpholine rings is 1. The van der Waals surface area contributed by atoms with Crippen molar-refractivity contribution in [3.63, 3.8) is 0 Å². The van der Waals surface area contributed by atoms with Gasteiger partial charge in [0.2, 0.25) is 0 Å². The number of ether oxygens (including phenoxy) is 2. The highest BCUT2D eigenvalue weighted by atomic mass is 32.2. The summed E-state index contributed by atoms with van der Waals surface area (Å²) in [7, 11) is -4.16. The molecule has 1 fully saturated rings. The van der Waals surface area contributed by atoms with Crippen molar-refractivity contribution in [2.75, 3.05) is 17.8 Å². The van der Waals surface area contributed by atoms with Gasteiger partial charge < -0.3 is 14.4 Å². The Morgan fingerprint density at radius 1 is 1.06 bits per heavy atom. The van der Waals surface area contributed by atoms with Gasteiger partial charge in [-0.15, -0.1) is 13.2 Å². The molecule has 2 aromatic carbocycles. The Labute approximate surface area is 177 Å². The number of carbonyl (C=O) groups excluding carboxylic acids is 1. The second kappa shape index (κ2) is 8.75. The third kappa shape index (κ3) is 5.88. The Hall–Kier alpha value is -2.79. The molecule has 1 aliphatic rings. The van der Waals surface area contributed by atoms with Crippen LogP contribution in [0.15, 0.2) is 53.4 Å². The number of anilines is 1. The largest absolute Gasteiger partial charge is 0.573 e. The lowest BCUT2D eigenvalue weighted by molar-refractivity contribution is -0.274. The van der Waals surface area contributed by atoms with E-state index in [2.05, 4.69) is 9.46 Å². The van der Waals surface area contributed by atoms with Gasteiger partial charge in [0.25, 0.3) is 15.9 Å². The zero-order valence-electron chi connectivity index (χ0n) is 16.7. The molecule has 2 aromatic rings. The molecule has 1 amide bonds. The van der Waals surface area contributed by atoms with Crippen LogP contribution in [0.2, 0.25) is 0 Å². The summed E-state index contributed by atoms with van der Waals surface area (Å²) in [5.74, 6) is -0.896. The second-order valence-corrected chi connectivity index (χ2v) is 8.82. The Morgan fingerprint density at radius 3 is 2.23 bits per heavy atom. The predicted molar refractivity (Wildman–Crippen MR) is 106 cm³/mol. The maximum Gasteiger partial charge on any atom is 0.573 e. The summed E-state index contributed by atoms with van der Waals surface area (Å²) in [6.45, 7) is 4.42. The van der Waals surface area contributed by atoms with Gasteiger partial charge >= 0.3 is 6.36 Å². The number of hydrogen-bond acceptors (Lipinski definition) is 5. The molecule has 0 aromatic heterocycles. The number of amides is 1. The number of nitrogens with one attached hydrogen (secondary N) is 1. The molecule has 2 atom stereocenters. The number of sulfonamides is 1. The topological polar surface area (TPSA) is 84.9 Å². The highest BCUT2D eigenvalue weighted by Crippen LogP contribution is 2.26. The van der Waals surface area contributed by atoms with E-state index in [0.29, 0.717) is 13.1 Å². The van der Waals surface area contributed by atoms with Crippen LogP contribution >= 0.6 is 0 Å². The van der Waals surface area contributed by atoms with Crippen molar-refractivity contribution in [3.05, 3.63) is 54.1 Å². The first-order chi connectivity index (χ1) is 14.4. The molecule has 0 aliphatic carbocycles. The van der Waals surface area contributed by atoms with Crippen LogP contribution in [-0.2, 0) is 14.8 Å². The van der Waals surface area contributed by atoms with Gasteiger partial charge in [-0.3, -0.25) is 9.52 Å². The number of hydrogen-bond donors (Lipinski definition) is 1. The molecule has 0 spiro atoms. The van der Waals surface area contributed by atoms with Gasteiger partial charge in [0.15, 0.2) is 0 Å². The van der Waals surface area contributed by atoms with Crippen LogP contribution in [0.5, 0.6) is 5.75 Å². The predicted octanol–water partition coefficient (Wildman–Crippen LogP) is 3.64. The van der Waals surface area contributed by atoms with Gasteiger partial charge in [-0.05, 0) is 50.2 Å². The molecule has 1 saturated heterocycles. The smallest absolute Gasteiger partial charge is 0.406 e. The fraction of sp³-hybridized carbons (Fsp3) is 0.350. The van der Waals surface area contributed by atoms with E-state index < -0.39 is 22.1 Å². The minimum Gasteiger partial charge on any atom is -0.406 e. The van der Waals surface area contributed by atoms with Crippen LogP contribution in [-0.4, -0.2) is 50.9 Å². The molecule has 168 valence electrons. The minimum atomic E-state index is -4.88. The van der Waals surface area contributed by atoms with E-state index in [9.17, 15) is 26.4 Å². The number of carbonyl (C=O) groups is 1. The molecule has 0 saturated carbocycles. The van der Waals surface area contributed by atoms with Gasteiger partial charge in [0.1, 0.15) is 5.75 Å². The van der Waals surface area contributed by atoms with E-state index in [1.807, 2.05) is 13.8 Å². The number of nitrogens with zero attached hydrogens (tertiary/aromatic N) is 1. The van der Waals surface area contributed by atoms with E-state index in [4.69, 9.17) is 4.74 Å². The fourth-order valence-corrected chi connectivity index (χ4v) is 4.38. The Morgan fingerprint density at radius 2 is 1.65 bits per heavy atom. The van der Waals surface area contributed by atoms with Crippen molar-refractivity contribution in [3.8, 4) is 5.75 Å². The van der Waals surface area contributed by atoms with Crippen molar-refractivity contribution >= 4 is 21.6 Å². The first-order valence-corrected chi connectivity index (χ1v) is 10.9. The van der Waals surface area contributed by atoms with E-state index >= 15 is 0 Å². The zero-order valence-corrected chi connectivity index (χ0v) is 17.5. The van der Waals surface area contributed by atoms with Crippen LogP contribution in [0.4, 0.5) is 18.9 Å². The summed E-state index contributed by atoms with van der Waals surface area (Å²) in [4.78, 5) is 14.3. The summed E-state index contributed by atoms with van der Waals surface area (Å²) in [5.41, 5.74) is 0.222. The molecule has 3 rings (SSSR count). The first kappa shape index (κ1) is 22.9. The molecule has 0 radical (unpaired) electrons. The summed E-state index contributed by atoms with van der Waals surface area (Å²) < 4.78 is 74.1. The Kier molecular flexibility index (Phi) is 6.46. The number of rotatable bonds is 5. The van der Waals surface area contributed by atoms with Crippen LogP contribution in [0.1, 0.15) is 24.2 Å². The monoisotopic (exact) mass is 458 g/mol. The zero-order chi connectivity index (χ0) is 22.8. The van der Waals surface area contributed by atoms with Crippen molar-refractivity contribution in [2.24, 2.45) is 0 Å². The summed E-state index contributed by atoms with van der Waals surface area (Å²) in [5, 5.41) is 0. The fourth-order valence-electron chi connectivity index (χ4n) is 3.30. The lowest BCUT2D eigenvalue weighted by atomic mass is 10.1. The summed E-state index contributed by atoms with van der Waals surface area (Å²) in [6.07, 6.45) is -5.20. The Balaban J connectivity index is 1.82. The van der Waals surface area contributed by atoms with Gasteiger partial charge in [-0.2, -0.15) is 0 Å². The molecule has 31 heavy (non-hydrogen) atoms. The molecular weight excluding hydrogens is 437 g/mol. The van der Waals surface area contributed by atoms with Crippen molar-refractivity contribution in [1.82, 2.24) is 4.90 Å². The summed E-state index contributed by atoms with van der Waals surface area (Å²) >= 11 is 0. The molecule has 1 aliphatic heterocycles. The first-order valence-electron chi connectivity index (χ1n) is 9.37. The number of benzene rings is 2. The lowest BCUT2D eigenvalue weighted by Crippen LogP contribution is -2.48. The third-order valence-electron chi connectivity index (χ3n) is 4.48. The van der Waals surface area contributed by atoms with Crippen molar-refractivity contribution in [2.45, 2.75) is 37.3 Å². The molecule has 7 nitrogen and oxygen atoms in total. The second-order valence-electron chi connectivity index (χ2n) is 7.14. The maximum atomic E-state index is 13.0. The lowest BCUT2D eigenvalue weighted by Gasteiger charge is -2.35. The average molecular weight is 458 g/mol. The van der Waals surface area contributed by atoms with Crippen LogP contribution in [0, 0.1) is 0 Å². The van der Waals surface area contributed by atoms with Crippen molar-refractivity contribution in [1.29, 1.82) is 0 Å². The normalized spacial score (nSPS) is 19.7. The van der Waals surface area contributed by atoms with Crippen LogP contribution in [0.25, 0.3) is 0 Å². The summed E-state index contributed by atoms with van der Waals surface area (Å²) in [6, 6.07) is 9.90.